The van der Waals surface area contributed by atoms with Crippen molar-refractivity contribution in [3.8, 4) is 66.8 Å². The van der Waals surface area contributed by atoms with Gasteiger partial charge in [0, 0.05) is 22.4 Å². The van der Waals surface area contributed by atoms with Gasteiger partial charge in [0.2, 0.25) is 0 Å². The number of fused-ring (bicyclic) bond motifs is 5. The molecule has 1 heteroatoms. The van der Waals surface area contributed by atoms with Crippen molar-refractivity contribution in [2.45, 2.75) is 19.3 Å². The zero-order valence-corrected chi connectivity index (χ0v) is 37.1. The van der Waals surface area contributed by atoms with Crippen LogP contribution in [0.3, 0.4) is 0 Å². The third-order valence-electron chi connectivity index (χ3n) is 13.9. The normalized spacial score (nSPS) is 12.5. The Bertz CT molecular complexity index is 3600. The fourth-order valence-corrected chi connectivity index (χ4v) is 10.6. The zero-order chi connectivity index (χ0) is 44.2. The van der Waals surface area contributed by atoms with Gasteiger partial charge in [-0.2, -0.15) is 0 Å². The van der Waals surface area contributed by atoms with Gasteiger partial charge >= 0.3 is 0 Å². The van der Waals surface area contributed by atoms with Gasteiger partial charge in [-0.25, -0.2) is 0 Å². The first-order chi connectivity index (χ1) is 32.5. The van der Waals surface area contributed by atoms with Gasteiger partial charge in [-0.1, -0.05) is 226 Å². The lowest BCUT2D eigenvalue weighted by Crippen LogP contribution is -2.17. The molecule has 0 saturated heterocycles. The minimum atomic E-state index is -0.154. The van der Waals surface area contributed by atoms with E-state index in [1.165, 1.54) is 93.9 Å². The van der Waals surface area contributed by atoms with Crippen LogP contribution in [0.5, 0.6) is 0 Å². The summed E-state index contributed by atoms with van der Waals surface area (Å²) in [5, 5.41) is 4.94. The maximum Gasteiger partial charge on any atom is 0.0540 e. The van der Waals surface area contributed by atoms with Gasteiger partial charge in [0.05, 0.1) is 5.69 Å². The zero-order valence-electron chi connectivity index (χ0n) is 37.1. The van der Waals surface area contributed by atoms with Crippen LogP contribution in [-0.4, -0.2) is 0 Å². The summed E-state index contributed by atoms with van der Waals surface area (Å²) in [6.07, 6.45) is 0. The molecule has 0 heterocycles. The second-order valence-electron chi connectivity index (χ2n) is 18.0. The maximum absolute atomic E-state index is 2.48. The van der Waals surface area contributed by atoms with Gasteiger partial charge in [-0.05, 0) is 130 Å². The van der Waals surface area contributed by atoms with Crippen LogP contribution >= 0.6 is 0 Å². The summed E-state index contributed by atoms with van der Waals surface area (Å²) in [4.78, 5) is 2.48. The molecule has 0 aromatic heterocycles. The van der Waals surface area contributed by atoms with Crippen molar-refractivity contribution in [2.75, 3.05) is 4.90 Å². The molecule has 0 bridgehead atoms. The summed E-state index contributed by atoms with van der Waals surface area (Å²) in [7, 11) is 0. The Labute approximate surface area is 387 Å². The molecule has 312 valence electrons. The van der Waals surface area contributed by atoms with E-state index in [0.29, 0.717) is 0 Å². The number of benzene rings is 11. The molecule has 1 aliphatic rings. The first-order valence-corrected chi connectivity index (χ1v) is 23.0. The smallest absolute Gasteiger partial charge is 0.0540 e. The van der Waals surface area contributed by atoms with Gasteiger partial charge in [0.15, 0.2) is 0 Å². The molecule has 0 N–H and O–H groups in total. The molecule has 0 saturated carbocycles. The summed E-state index contributed by atoms with van der Waals surface area (Å²) < 4.78 is 0. The molecule has 0 atom stereocenters. The predicted molar refractivity (Wildman–Crippen MR) is 281 cm³/mol. The van der Waals surface area contributed by atoms with Gasteiger partial charge in [-0.3, -0.25) is 0 Å². The fourth-order valence-electron chi connectivity index (χ4n) is 10.6. The third-order valence-corrected chi connectivity index (χ3v) is 13.9. The molecule has 1 aliphatic carbocycles. The fraction of sp³-hybridized carbons (Fsp3) is 0.0462. The number of rotatable bonds is 8. The van der Waals surface area contributed by atoms with Crippen molar-refractivity contribution < 1.29 is 0 Å². The predicted octanol–water partition coefficient (Wildman–Crippen LogP) is 18.1. The quantitative estimate of drug-likeness (QED) is 0.147. The summed E-state index contributed by atoms with van der Waals surface area (Å²) >= 11 is 0. The van der Waals surface area contributed by atoms with Crippen LogP contribution in [-0.2, 0) is 5.41 Å². The highest BCUT2D eigenvalue weighted by Crippen LogP contribution is 2.52. The van der Waals surface area contributed by atoms with Crippen LogP contribution in [0.15, 0.2) is 249 Å². The standard InChI is InChI=1S/C65H47N/c1-65(2)62-30-15-13-27-58(62)59-39-37-50(43-63(59)65)66(49-35-32-45(33-36-49)44-18-5-3-6-19-44)64-31-16-14-28-60(64)61-42-48(34-38-57(61)56-29-17-23-47-22-9-10-24-51(47)56)53-41-40-52(46-20-7-4-8-21-46)54-25-11-12-26-55(53)54/h3-43H,1-2H3. The topological polar surface area (TPSA) is 3.24 Å². The van der Waals surface area contributed by atoms with Gasteiger partial charge < -0.3 is 4.90 Å². The summed E-state index contributed by atoms with van der Waals surface area (Å²) in [5.41, 5.74) is 20.5. The van der Waals surface area contributed by atoms with Crippen LogP contribution < -0.4 is 4.90 Å². The van der Waals surface area contributed by atoms with E-state index in [2.05, 4.69) is 267 Å². The van der Waals surface area contributed by atoms with E-state index >= 15 is 0 Å². The molecule has 0 amide bonds. The molecule has 1 nitrogen and oxygen atoms in total. The highest BCUT2D eigenvalue weighted by atomic mass is 15.1. The molecular weight excluding hydrogens is 795 g/mol. The molecule has 11 aromatic rings. The Kier molecular flexibility index (Phi) is 9.58. The second kappa shape index (κ2) is 16.1. The third kappa shape index (κ3) is 6.63. The molecule has 66 heavy (non-hydrogen) atoms. The lowest BCUT2D eigenvalue weighted by molar-refractivity contribution is 0.660. The highest BCUT2D eigenvalue weighted by Gasteiger charge is 2.36. The molecule has 12 rings (SSSR count). The Morgan fingerprint density at radius 2 is 0.773 bits per heavy atom. The van der Waals surface area contributed by atoms with Crippen LogP contribution in [0.4, 0.5) is 17.1 Å². The van der Waals surface area contributed by atoms with E-state index < -0.39 is 0 Å². The number of anilines is 3. The average molecular weight is 842 g/mol. The lowest BCUT2D eigenvalue weighted by Gasteiger charge is -2.30. The van der Waals surface area contributed by atoms with E-state index in [1.54, 1.807) is 0 Å². The molecule has 0 fully saturated rings. The largest absolute Gasteiger partial charge is 0.310 e. The first-order valence-electron chi connectivity index (χ1n) is 23.0. The average Bonchev–Trinajstić information content (AvgIpc) is 3.61. The Balaban J connectivity index is 1.10. The van der Waals surface area contributed by atoms with E-state index in [9.17, 15) is 0 Å². The van der Waals surface area contributed by atoms with Gasteiger partial charge in [-0.15, -0.1) is 0 Å². The van der Waals surface area contributed by atoms with Gasteiger partial charge in [0.1, 0.15) is 0 Å². The van der Waals surface area contributed by atoms with Crippen molar-refractivity contribution in [3.05, 3.63) is 260 Å². The van der Waals surface area contributed by atoms with Crippen LogP contribution in [0, 0.1) is 0 Å². The minimum Gasteiger partial charge on any atom is -0.310 e. The van der Waals surface area contributed by atoms with E-state index in [0.717, 1.165) is 22.6 Å². The number of hydrogen-bond acceptors (Lipinski definition) is 1. The van der Waals surface area contributed by atoms with Crippen LogP contribution in [0.25, 0.3) is 88.3 Å². The van der Waals surface area contributed by atoms with E-state index in [1.807, 2.05) is 0 Å². The minimum absolute atomic E-state index is 0.154. The Morgan fingerprint density at radius 1 is 0.273 bits per heavy atom. The molecule has 11 aromatic carbocycles. The molecule has 0 unspecified atom stereocenters. The Hall–Kier alpha value is -8.26. The number of nitrogens with zero attached hydrogens (tertiary/aromatic N) is 1. The molecule has 0 spiro atoms. The second-order valence-corrected chi connectivity index (χ2v) is 18.0. The monoisotopic (exact) mass is 841 g/mol. The van der Waals surface area contributed by atoms with Crippen molar-refractivity contribution in [2.24, 2.45) is 0 Å². The van der Waals surface area contributed by atoms with Crippen molar-refractivity contribution in [1.29, 1.82) is 0 Å². The summed E-state index contributed by atoms with van der Waals surface area (Å²) in [5.74, 6) is 0. The molecule has 0 aliphatic heterocycles. The highest BCUT2D eigenvalue weighted by molar-refractivity contribution is 6.08. The van der Waals surface area contributed by atoms with E-state index in [4.69, 9.17) is 0 Å². The molecular formula is C65H47N. The van der Waals surface area contributed by atoms with Crippen molar-refractivity contribution in [3.63, 3.8) is 0 Å². The number of hydrogen-bond donors (Lipinski definition) is 0. The van der Waals surface area contributed by atoms with Gasteiger partial charge in [0.25, 0.3) is 0 Å². The SMILES string of the molecule is CC1(C)c2ccccc2-c2ccc(N(c3ccc(-c4ccccc4)cc3)c3ccccc3-c3cc(-c4ccc(-c5ccccc5)c5ccccc45)ccc3-c3cccc4ccccc34)cc21. The number of para-hydroxylation sites is 1. The van der Waals surface area contributed by atoms with E-state index in [-0.39, 0.29) is 5.41 Å². The van der Waals surface area contributed by atoms with Crippen molar-refractivity contribution >= 4 is 38.6 Å². The summed E-state index contributed by atoms with van der Waals surface area (Å²) in [6, 6.07) is 91.6. The Morgan fingerprint density at radius 3 is 1.53 bits per heavy atom. The summed E-state index contributed by atoms with van der Waals surface area (Å²) in [6.45, 7) is 4.73. The lowest BCUT2D eigenvalue weighted by atomic mass is 9.82. The first kappa shape index (κ1) is 39.3. The molecule has 0 radical (unpaired) electrons. The maximum atomic E-state index is 2.48. The van der Waals surface area contributed by atoms with Crippen LogP contribution in [0.2, 0.25) is 0 Å². The van der Waals surface area contributed by atoms with Crippen LogP contribution in [0.1, 0.15) is 25.0 Å². The van der Waals surface area contributed by atoms with Crippen molar-refractivity contribution in [1.82, 2.24) is 0 Å².